The quantitative estimate of drug-likeness (QED) is 0.796. The summed E-state index contributed by atoms with van der Waals surface area (Å²) in [5, 5.41) is 0. The summed E-state index contributed by atoms with van der Waals surface area (Å²) in [7, 11) is 1.92. The molecule has 1 saturated carbocycles. The average Bonchev–Trinajstić information content (AvgIpc) is 2.70. The van der Waals surface area contributed by atoms with E-state index in [9.17, 15) is 4.39 Å². The van der Waals surface area contributed by atoms with E-state index in [1.807, 2.05) is 11.9 Å². The van der Waals surface area contributed by atoms with Crippen molar-refractivity contribution >= 4 is 11.4 Å². The van der Waals surface area contributed by atoms with Crippen molar-refractivity contribution in [2.24, 2.45) is 5.92 Å². The molecule has 2 nitrogen and oxygen atoms in total. The molecule has 16 heavy (non-hydrogen) atoms. The molecule has 1 aromatic rings. The van der Waals surface area contributed by atoms with Crippen LogP contribution in [0.2, 0.25) is 0 Å². The van der Waals surface area contributed by atoms with Gasteiger partial charge in [0.2, 0.25) is 0 Å². The highest BCUT2D eigenvalue weighted by Gasteiger charge is 2.19. The summed E-state index contributed by atoms with van der Waals surface area (Å²) in [5.74, 6) is 0.476. The summed E-state index contributed by atoms with van der Waals surface area (Å²) < 4.78 is 13.7. The van der Waals surface area contributed by atoms with Gasteiger partial charge in [0.25, 0.3) is 0 Å². The zero-order chi connectivity index (χ0) is 11.5. The fourth-order valence-corrected chi connectivity index (χ4v) is 2.61. The van der Waals surface area contributed by atoms with E-state index in [1.165, 1.54) is 31.7 Å². The summed E-state index contributed by atoms with van der Waals surface area (Å²) in [4.78, 5) is 1.96. The van der Waals surface area contributed by atoms with Crippen molar-refractivity contribution in [2.45, 2.75) is 25.7 Å². The Hall–Kier alpha value is -1.25. The standard InChI is InChI=1S/C13H19FN2/c1-16(9-10-5-2-3-6-10)13-11(14)7-4-8-12(13)15/h4,7-8,10H,2-3,5-6,9,15H2,1H3. The predicted molar refractivity (Wildman–Crippen MR) is 66.0 cm³/mol. The molecule has 1 aliphatic carbocycles. The number of anilines is 2. The molecule has 0 spiro atoms. The van der Waals surface area contributed by atoms with E-state index in [0.717, 1.165) is 6.54 Å². The lowest BCUT2D eigenvalue weighted by Gasteiger charge is -2.24. The summed E-state index contributed by atoms with van der Waals surface area (Å²) in [6.45, 7) is 0.908. The molecule has 2 N–H and O–H groups in total. The van der Waals surface area contributed by atoms with Crippen molar-refractivity contribution in [3.05, 3.63) is 24.0 Å². The third-order valence-electron chi connectivity index (χ3n) is 3.41. The maximum atomic E-state index is 13.7. The van der Waals surface area contributed by atoms with Crippen LogP contribution < -0.4 is 10.6 Å². The molecule has 2 rings (SSSR count). The Kier molecular flexibility index (Phi) is 3.32. The third-order valence-corrected chi connectivity index (χ3v) is 3.41. The molecule has 0 unspecified atom stereocenters. The van der Waals surface area contributed by atoms with Crippen LogP contribution in [0.4, 0.5) is 15.8 Å². The molecule has 0 bridgehead atoms. The van der Waals surface area contributed by atoms with E-state index in [4.69, 9.17) is 5.73 Å². The first-order valence-corrected chi connectivity index (χ1v) is 5.93. The maximum Gasteiger partial charge on any atom is 0.148 e. The van der Waals surface area contributed by atoms with Crippen molar-refractivity contribution < 1.29 is 4.39 Å². The first-order chi connectivity index (χ1) is 7.68. The van der Waals surface area contributed by atoms with E-state index in [1.54, 1.807) is 12.1 Å². The molecule has 0 atom stereocenters. The van der Waals surface area contributed by atoms with Crippen LogP contribution in [0.25, 0.3) is 0 Å². The van der Waals surface area contributed by atoms with E-state index < -0.39 is 0 Å². The van der Waals surface area contributed by atoms with Crippen molar-refractivity contribution in [3.63, 3.8) is 0 Å². The van der Waals surface area contributed by atoms with Crippen molar-refractivity contribution in [3.8, 4) is 0 Å². The SMILES string of the molecule is CN(CC1CCCC1)c1c(N)cccc1F. The molecule has 0 saturated heterocycles. The summed E-state index contributed by atoms with van der Waals surface area (Å²) in [5.41, 5.74) is 6.89. The maximum absolute atomic E-state index is 13.7. The number of hydrogen-bond donors (Lipinski definition) is 1. The van der Waals surface area contributed by atoms with Gasteiger partial charge < -0.3 is 10.6 Å². The molecular formula is C13H19FN2. The zero-order valence-electron chi connectivity index (χ0n) is 9.75. The number of halogens is 1. The Morgan fingerprint density at radius 2 is 2.06 bits per heavy atom. The number of para-hydroxylation sites is 1. The van der Waals surface area contributed by atoms with Gasteiger partial charge in [0, 0.05) is 13.6 Å². The van der Waals surface area contributed by atoms with Crippen LogP contribution in [0, 0.1) is 11.7 Å². The first kappa shape index (κ1) is 11.2. The van der Waals surface area contributed by atoms with Gasteiger partial charge in [0.15, 0.2) is 0 Å². The van der Waals surface area contributed by atoms with Gasteiger partial charge in [0.05, 0.1) is 11.4 Å². The summed E-state index contributed by atoms with van der Waals surface area (Å²) in [6.07, 6.45) is 5.15. The highest BCUT2D eigenvalue weighted by atomic mass is 19.1. The highest BCUT2D eigenvalue weighted by Crippen LogP contribution is 2.30. The highest BCUT2D eigenvalue weighted by molar-refractivity contribution is 5.67. The first-order valence-electron chi connectivity index (χ1n) is 5.93. The van der Waals surface area contributed by atoms with Crippen molar-refractivity contribution in [1.29, 1.82) is 0 Å². The van der Waals surface area contributed by atoms with E-state index in [-0.39, 0.29) is 5.82 Å². The predicted octanol–water partition coefficient (Wildman–Crippen LogP) is 3.03. The lowest BCUT2D eigenvalue weighted by Crippen LogP contribution is -2.25. The van der Waals surface area contributed by atoms with Gasteiger partial charge >= 0.3 is 0 Å². The van der Waals surface area contributed by atoms with Gasteiger partial charge in [-0.3, -0.25) is 0 Å². The van der Waals surface area contributed by atoms with E-state index >= 15 is 0 Å². The molecule has 88 valence electrons. The summed E-state index contributed by atoms with van der Waals surface area (Å²) >= 11 is 0. The van der Waals surface area contributed by atoms with Crippen LogP contribution in [-0.2, 0) is 0 Å². The molecular weight excluding hydrogens is 203 g/mol. The molecule has 0 heterocycles. The van der Waals surface area contributed by atoms with Crippen LogP contribution >= 0.6 is 0 Å². The normalized spacial score (nSPS) is 16.6. The molecule has 0 aliphatic heterocycles. The zero-order valence-corrected chi connectivity index (χ0v) is 9.75. The topological polar surface area (TPSA) is 29.3 Å². The van der Waals surface area contributed by atoms with Crippen molar-refractivity contribution in [1.82, 2.24) is 0 Å². The minimum atomic E-state index is -0.222. The third kappa shape index (κ3) is 2.29. The Morgan fingerprint density at radius 1 is 1.38 bits per heavy atom. The smallest absolute Gasteiger partial charge is 0.148 e. The van der Waals surface area contributed by atoms with Gasteiger partial charge in [-0.05, 0) is 30.9 Å². The molecule has 0 amide bonds. The second kappa shape index (κ2) is 4.73. The Morgan fingerprint density at radius 3 is 2.69 bits per heavy atom. The molecule has 1 aliphatic rings. The Labute approximate surface area is 96.2 Å². The van der Waals surface area contributed by atoms with Crippen LogP contribution in [0.3, 0.4) is 0 Å². The van der Waals surface area contributed by atoms with Crippen molar-refractivity contribution in [2.75, 3.05) is 24.2 Å². The second-order valence-corrected chi connectivity index (χ2v) is 4.71. The van der Waals surface area contributed by atoms with Crippen LogP contribution in [-0.4, -0.2) is 13.6 Å². The molecule has 0 aromatic heterocycles. The molecule has 1 aromatic carbocycles. The fraction of sp³-hybridized carbons (Fsp3) is 0.538. The number of rotatable bonds is 3. The van der Waals surface area contributed by atoms with Gasteiger partial charge in [0.1, 0.15) is 5.82 Å². The van der Waals surface area contributed by atoms with E-state index in [2.05, 4.69) is 0 Å². The summed E-state index contributed by atoms with van der Waals surface area (Å²) in [6, 6.07) is 4.87. The number of benzene rings is 1. The van der Waals surface area contributed by atoms with Crippen LogP contribution in [0.5, 0.6) is 0 Å². The Bertz CT molecular complexity index is 339. The number of hydrogen-bond acceptors (Lipinski definition) is 2. The van der Waals surface area contributed by atoms with E-state index in [0.29, 0.717) is 17.3 Å². The minimum absolute atomic E-state index is 0.222. The van der Waals surface area contributed by atoms with Gasteiger partial charge in [-0.15, -0.1) is 0 Å². The largest absolute Gasteiger partial charge is 0.397 e. The fourth-order valence-electron chi connectivity index (χ4n) is 2.61. The molecule has 0 radical (unpaired) electrons. The van der Waals surface area contributed by atoms with Gasteiger partial charge in [-0.2, -0.15) is 0 Å². The Balaban J connectivity index is 2.10. The number of nitrogens with two attached hydrogens (primary N) is 1. The monoisotopic (exact) mass is 222 g/mol. The minimum Gasteiger partial charge on any atom is -0.397 e. The number of nitrogens with zero attached hydrogens (tertiary/aromatic N) is 1. The molecule has 1 fully saturated rings. The van der Waals surface area contributed by atoms with Crippen LogP contribution in [0.15, 0.2) is 18.2 Å². The van der Waals surface area contributed by atoms with Gasteiger partial charge in [-0.25, -0.2) is 4.39 Å². The van der Waals surface area contributed by atoms with Gasteiger partial charge in [-0.1, -0.05) is 18.9 Å². The number of nitrogen functional groups attached to an aromatic ring is 1. The molecule has 3 heteroatoms. The second-order valence-electron chi connectivity index (χ2n) is 4.71. The lowest BCUT2D eigenvalue weighted by atomic mass is 10.1. The van der Waals surface area contributed by atoms with Crippen LogP contribution in [0.1, 0.15) is 25.7 Å². The lowest BCUT2D eigenvalue weighted by molar-refractivity contribution is 0.539. The average molecular weight is 222 g/mol.